The molecule has 0 aliphatic heterocycles. The van der Waals surface area contributed by atoms with E-state index in [2.05, 4.69) is 24.1 Å². The van der Waals surface area contributed by atoms with E-state index < -0.39 is 5.97 Å². The Balaban J connectivity index is 1.97. The van der Waals surface area contributed by atoms with Gasteiger partial charge in [0.2, 0.25) is 5.91 Å². The second kappa shape index (κ2) is 9.69. The van der Waals surface area contributed by atoms with Crippen LogP contribution in [0.2, 0.25) is 0 Å². The standard InChI is InChI=1S/C20H31N3O3/c1-4-22(5-2)19(15-10-8-7-9-11-15)20(26)21-16-12-17(13-16)23(6-3)14-18(24)25/h7-11,16-17,19H,4-6,12-14H2,1-3H3,(H,21,26)(H,24,25). The number of likely N-dealkylation sites (N-methyl/N-ethyl adjacent to an activating group) is 2. The Morgan fingerprint density at radius 3 is 2.23 bits per heavy atom. The summed E-state index contributed by atoms with van der Waals surface area (Å²) in [6.07, 6.45) is 1.62. The van der Waals surface area contributed by atoms with E-state index in [1.165, 1.54) is 0 Å². The minimum Gasteiger partial charge on any atom is -0.480 e. The molecule has 0 aromatic heterocycles. The maximum absolute atomic E-state index is 13.0. The number of carboxylic acids is 1. The Bertz CT molecular complexity index is 583. The zero-order chi connectivity index (χ0) is 19.1. The Kier molecular flexibility index (Phi) is 7.60. The van der Waals surface area contributed by atoms with Crippen LogP contribution in [0.1, 0.15) is 45.2 Å². The molecule has 0 heterocycles. The van der Waals surface area contributed by atoms with Crippen LogP contribution in [0.15, 0.2) is 30.3 Å². The number of benzene rings is 1. The Labute approximate surface area is 156 Å². The van der Waals surface area contributed by atoms with Gasteiger partial charge in [0.25, 0.3) is 0 Å². The number of hydrogen-bond donors (Lipinski definition) is 2. The first-order chi connectivity index (χ1) is 12.5. The second-order valence-electron chi connectivity index (χ2n) is 6.82. The third kappa shape index (κ3) is 5.05. The van der Waals surface area contributed by atoms with Gasteiger partial charge in [0.1, 0.15) is 6.04 Å². The number of amides is 1. The lowest BCUT2D eigenvalue weighted by atomic mass is 9.85. The summed E-state index contributed by atoms with van der Waals surface area (Å²) in [4.78, 5) is 28.0. The fraction of sp³-hybridized carbons (Fsp3) is 0.600. The van der Waals surface area contributed by atoms with E-state index in [-0.39, 0.29) is 30.6 Å². The number of hydrogen-bond acceptors (Lipinski definition) is 4. The predicted molar refractivity (Wildman–Crippen MR) is 102 cm³/mol. The van der Waals surface area contributed by atoms with Crippen molar-refractivity contribution in [1.82, 2.24) is 15.1 Å². The van der Waals surface area contributed by atoms with Crippen LogP contribution in [0, 0.1) is 0 Å². The molecule has 6 nitrogen and oxygen atoms in total. The normalized spacial score (nSPS) is 20.7. The minimum atomic E-state index is -0.801. The number of carbonyl (C=O) groups excluding carboxylic acids is 1. The van der Waals surface area contributed by atoms with Gasteiger partial charge in [-0.25, -0.2) is 0 Å². The van der Waals surface area contributed by atoms with Crippen LogP contribution in [0.4, 0.5) is 0 Å². The van der Waals surface area contributed by atoms with Crippen LogP contribution in [0.5, 0.6) is 0 Å². The predicted octanol–water partition coefficient (Wildman–Crippen LogP) is 2.12. The molecule has 0 spiro atoms. The molecule has 1 atom stereocenters. The van der Waals surface area contributed by atoms with E-state index in [0.717, 1.165) is 31.5 Å². The van der Waals surface area contributed by atoms with Crippen LogP contribution in [-0.4, -0.2) is 65.0 Å². The summed E-state index contributed by atoms with van der Waals surface area (Å²) in [7, 11) is 0. The summed E-state index contributed by atoms with van der Waals surface area (Å²) in [5, 5.41) is 12.2. The van der Waals surface area contributed by atoms with Gasteiger partial charge in [0, 0.05) is 12.1 Å². The Morgan fingerprint density at radius 2 is 1.73 bits per heavy atom. The lowest BCUT2D eigenvalue weighted by Gasteiger charge is -2.43. The van der Waals surface area contributed by atoms with E-state index in [9.17, 15) is 9.59 Å². The minimum absolute atomic E-state index is 0.0321. The highest BCUT2D eigenvalue weighted by Crippen LogP contribution is 2.27. The smallest absolute Gasteiger partial charge is 0.317 e. The number of carbonyl (C=O) groups is 2. The van der Waals surface area contributed by atoms with Crippen LogP contribution >= 0.6 is 0 Å². The van der Waals surface area contributed by atoms with Crippen molar-refractivity contribution in [2.24, 2.45) is 0 Å². The molecule has 144 valence electrons. The van der Waals surface area contributed by atoms with Gasteiger partial charge in [-0.1, -0.05) is 51.1 Å². The van der Waals surface area contributed by atoms with E-state index >= 15 is 0 Å². The zero-order valence-electron chi connectivity index (χ0n) is 16.0. The number of rotatable bonds is 10. The highest BCUT2D eigenvalue weighted by Gasteiger charge is 2.36. The number of nitrogens with zero attached hydrogens (tertiary/aromatic N) is 2. The van der Waals surface area contributed by atoms with Crippen LogP contribution < -0.4 is 5.32 Å². The monoisotopic (exact) mass is 361 g/mol. The molecule has 0 radical (unpaired) electrons. The number of nitrogens with one attached hydrogen (secondary N) is 1. The number of aliphatic carboxylic acids is 1. The molecule has 1 aromatic rings. The summed E-state index contributed by atoms with van der Waals surface area (Å²) in [5.74, 6) is -0.769. The van der Waals surface area contributed by atoms with Crippen LogP contribution in [-0.2, 0) is 9.59 Å². The first-order valence-electron chi connectivity index (χ1n) is 9.55. The maximum atomic E-state index is 13.0. The van der Waals surface area contributed by atoms with Crippen molar-refractivity contribution in [3.8, 4) is 0 Å². The molecule has 1 aromatic carbocycles. The second-order valence-corrected chi connectivity index (χ2v) is 6.82. The lowest BCUT2D eigenvalue weighted by molar-refractivity contribution is -0.140. The van der Waals surface area contributed by atoms with E-state index in [0.29, 0.717) is 6.54 Å². The van der Waals surface area contributed by atoms with Gasteiger partial charge >= 0.3 is 5.97 Å². The van der Waals surface area contributed by atoms with Crippen molar-refractivity contribution in [2.45, 2.75) is 51.7 Å². The molecule has 1 saturated carbocycles. The summed E-state index contributed by atoms with van der Waals surface area (Å²) in [5.41, 5.74) is 1.01. The van der Waals surface area contributed by atoms with Crippen molar-refractivity contribution >= 4 is 11.9 Å². The molecule has 1 fully saturated rings. The fourth-order valence-corrected chi connectivity index (χ4v) is 3.71. The molecule has 0 bridgehead atoms. The van der Waals surface area contributed by atoms with Crippen molar-refractivity contribution in [3.63, 3.8) is 0 Å². The average Bonchev–Trinajstić information content (AvgIpc) is 2.60. The SMILES string of the molecule is CCN(CC(=O)O)C1CC(NC(=O)C(c2ccccc2)N(CC)CC)C1. The van der Waals surface area contributed by atoms with Gasteiger partial charge in [-0.15, -0.1) is 0 Å². The fourth-order valence-electron chi connectivity index (χ4n) is 3.71. The molecule has 2 N–H and O–H groups in total. The summed E-state index contributed by atoms with van der Waals surface area (Å²) in [6.45, 7) is 8.49. The molecule has 1 amide bonds. The number of carboxylic acid groups (broad SMARTS) is 1. The van der Waals surface area contributed by atoms with Gasteiger partial charge in [-0.05, 0) is 38.0 Å². The molecule has 26 heavy (non-hydrogen) atoms. The molecule has 1 aliphatic carbocycles. The first kappa shape index (κ1) is 20.4. The van der Waals surface area contributed by atoms with Gasteiger partial charge < -0.3 is 10.4 Å². The van der Waals surface area contributed by atoms with Gasteiger partial charge in [0.15, 0.2) is 0 Å². The quantitative estimate of drug-likeness (QED) is 0.668. The molecule has 0 saturated heterocycles. The molecule has 1 unspecified atom stereocenters. The van der Waals surface area contributed by atoms with Crippen molar-refractivity contribution in [1.29, 1.82) is 0 Å². The van der Waals surface area contributed by atoms with E-state index in [4.69, 9.17) is 5.11 Å². The Morgan fingerprint density at radius 1 is 1.12 bits per heavy atom. The molecular formula is C20H31N3O3. The van der Waals surface area contributed by atoms with Crippen molar-refractivity contribution in [3.05, 3.63) is 35.9 Å². The molecule has 2 rings (SSSR count). The summed E-state index contributed by atoms with van der Waals surface area (Å²) in [6, 6.07) is 9.95. The first-order valence-corrected chi connectivity index (χ1v) is 9.55. The summed E-state index contributed by atoms with van der Waals surface area (Å²) >= 11 is 0. The molecule has 1 aliphatic rings. The van der Waals surface area contributed by atoms with Crippen LogP contribution in [0.3, 0.4) is 0 Å². The van der Waals surface area contributed by atoms with Gasteiger partial charge in [-0.3, -0.25) is 19.4 Å². The van der Waals surface area contributed by atoms with Crippen LogP contribution in [0.25, 0.3) is 0 Å². The van der Waals surface area contributed by atoms with Crippen molar-refractivity contribution < 1.29 is 14.7 Å². The van der Waals surface area contributed by atoms with E-state index in [1.807, 2.05) is 42.2 Å². The molecular weight excluding hydrogens is 330 g/mol. The maximum Gasteiger partial charge on any atom is 0.317 e. The highest BCUT2D eigenvalue weighted by atomic mass is 16.4. The van der Waals surface area contributed by atoms with Gasteiger partial charge in [-0.2, -0.15) is 0 Å². The summed E-state index contributed by atoms with van der Waals surface area (Å²) < 4.78 is 0. The highest BCUT2D eigenvalue weighted by molar-refractivity contribution is 5.83. The third-order valence-electron chi connectivity index (χ3n) is 5.26. The largest absolute Gasteiger partial charge is 0.480 e. The third-order valence-corrected chi connectivity index (χ3v) is 5.26. The lowest BCUT2D eigenvalue weighted by Crippen LogP contribution is -2.56. The topological polar surface area (TPSA) is 72.9 Å². The molecule has 6 heteroatoms. The van der Waals surface area contributed by atoms with Crippen molar-refractivity contribution in [2.75, 3.05) is 26.2 Å². The van der Waals surface area contributed by atoms with E-state index in [1.54, 1.807) is 0 Å². The Hall–Kier alpha value is -1.92. The zero-order valence-corrected chi connectivity index (χ0v) is 16.0. The van der Waals surface area contributed by atoms with Gasteiger partial charge in [0.05, 0.1) is 6.54 Å². The average molecular weight is 361 g/mol.